The monoisotopic (exact) mass is 505 g/mol. The molecular weight excluding hydrogens is 478 g/mol. The number of aromatic nitrogens is 1. The van der Waals surface area contributed by atoms with E-state index in [1.165, 1.54) is 12.1 Å². The number of carbonyl (C=O) groups is 1. The molecule has 5 rings (SSSR count). The van der Waals surface area contributed by atoms with Gasteiger partial charge >= 0.3 is 5.97 Å². The van der Waals surface area contributed by atoms with E-state index >= 15 is 0 Å². The van der Waals surface area contributed by atoms with Crippen LogP contribution in [-0.4, -0.2) is 31.2 Å². The minimum absolute atomic E-state index is 0.0641. The molecular formula is C25H28ClNO6S. The van der Waals surface area contributed by atoms with Crippen LogP contribution in [0.3, 0.4) is 0 Å². The Balaban J connectivity index is 1.73. The third-order valence-electron chi connectivity index (χ3n) is 6.84. The molecule has 2 atom stereocenters. The van der Waals surface area contributed by atoms with Gasteiger partial charge in [-0.25, -0.2) is 13.2 Å². The zero-order valence-corrected chi connectivity index (χ0v) is 21.2. The lowest BCUT2D eigenvalue weighted by Gasteiger charge is -2.29. The first-order chi connectivity index (χ1) is 16.0. The number of pyridine rings is 1. The molecule has 0 N–H and O–H groups in total. The smallest absolute Gasteiger partial charge is 0.344 e. The van der Waals surface area contributed by atoms with E-state index < -0.39 is 32.7 Å². The van der Waals surface area contributed by atoms with Crippen LogP contribution in [0.4, 0.5) is 0 Å². The average Bonchev–Trinajstić information content (AvgIpc) is 3.65. The van der Waals surface area contributed by atoms with E-state index in [-0.39, 0.29) is 22.6 Å². The highest BCUT2D eigenvalue weighted by Crippen LogP contribution is 2.50. The number of fused-ring (bicyclic) bond motifs is 3. The summed E-state index contributed by atoms with van der Waals surface area (Å²) in [7, 11) is -3.82. The molecule has 0 radical (unpaired) electrons. The molecule has 7 nitrogen and oxygen atoms in total. The maximum Gasteiger partial charge on any atom is 0.344 e. The standard InChI is InChI=1S/C25H28ClNO6S/c1-12(2)32-25(29)19-9-17-14(4)34(30,31)22-11-21(33-13(3)15-5-6-15)20(26)10-18(22)23(17)27(24(19)28)16-7-8-16/h9-16H,5-8H2,1-4H3. The lowest BCUT2D eigenvalue weighted by Crippen LogP contribution is -2.33. The third kappa shape index (κ3) is 3.85. The van der Waals surface area contributed by atoms with E-state index in [9.17, 15) is 18.0 Å². The van der Waals surface area contributed by atoms with Gasteiger partial charge in [-0.15, -0.1) is 0 Å². The van der Waals surface area contributed by atoms with Crippen molar-refractivity contribution in [1.82, 2.24) is 4.57 Å². The van der Waals surface area contributed by atoms with Gasteiger partial charge in [0.2, 0.25) is 0 Å². The molecule has 0 bridgehead atoms. The zero-order chi connectivity index (χ0) is 24.5. The number of ether oxygens (including phenoxy) is 2. The summed E-state index contributed by atoms with van der Waals surface area (Å²) in [5.74, 6) is 0.0346. The Morgan fingerprint density at radius 3 is 2.38 bits per heavy atom. The van der Waals surface area contributed by atoms with Crippen molar-refractivity contribution in [2.45, 2.75) is 81.8 Å². The lowest BCUT2D eigenvalue weighted by molar-refractivity contribution is 0.0375. The van der Waals surface area contributed by atoms with E-state index in [1.54, 1.807) is 31.4 Å². The Bertz CT molecular complexity index is 1350. The molecule has 0 saturated heterocycles. The molecule has 1 aliphatic heterocycles. The summed E-state index contributed by atoms with van der Waals surface area (Å²) in [5.41, 5.74) is 0.676. The first kappa shape index (κ1) is 23.4. The molecule has 1 aromatic carbocycles. The van der Waals surface area contributed by atoms with Crippen LogP contribution >= 0.6 is 11.6 Å². The molecule has 2 aliphatic carbocycles. The largest absolute Gasteiger partial charge is 0.489 e. The van der Waals surface area contributed by atoms with Crippen molar-refractivity contribution in [3.05, 3.63) is 44.7 Å². The molecule has 1 aromatic heterocycles. The number of nitrogens with zero attached hydrogens (tertiary/aromatic N) is 1. The van der Waals surface area contributed by atoms with Gasteiger partial charge in [0, 0.05) is 17.7 Å². The molecule has 2 aromatic rings. The van der Waals surface area contributed by atoms with Crippen LogP contribution in [0.15, 0.2) is 27.9 Å². The summed E-state index contributed by atoms with van der Waals surface area (Å²) in [5, 5.41) is -0.666. The number of halogens is 1. The Morgan fingerprint density at radius 2 is 1.79 bits per heavy atom. The summed E-state index contributed by atoms with van der Waals surface area (Å²) in [4.78, 5) is 26.3. The molecule has 182 valence electrons. The van der Waals surface area contributed by atoms with E-state index in [0.717, 1.165) is 25.7 Å². The molecule has 3 aliphatic rings. The maximum atomic E-state index is 13.6. The van der Waals surface area contributed by atoms with Crippen LogP contribution in [-0.2, 0) is 14.6 Å². The van der Waals surface area contributed by atoms with Crippen LogP contribution in [0.1, 0.15) is 80.6 Å². The normalized spacial score (nSPS) is 21.5. The second-order valence-corrected chi connectivity index (χ2v) is 12.5. The Hall–Kier alpha value is -2.32. The Morgan fingerprint density at radius 1 is 1.12 bits per heavy atom. The first-order valence-corrected chi connectivity index (χ1v) is 13.7. The fraction of sp³-hybridized carbons (Fsp3) is 0.520. The first-order valence-electron chi connectivity index (χ1n) is 11.8. The second-order valence-electron chi connectivity index (χ2n) is 9.85. The fourth-order valence-corrected chi connectivity index (χ4v) is 6.46. The van der Waals surface area contributed by atoms with E-state index in [2.05, 4.69) is 0 Å². The average molecular weight is 506 g/mol. The fourth-order valence-electron chi connectivity index (χ4n) is 4.62. The van der Waals surface area contributed by atoms with Gasteiger partial charge < -0.3 is 14.0 Å². The molecule has 0 spiro atoms. The minimum Gasteiger partial charge on any atom is -0.489 e. The van der Waals surface area contributed by atoms with Crippen LogP contribution < -0.4 is 10.3 Å². The summed E-state index contributed by atoms with van der Waals surface area (Å²) in [6.45, 7) is 6.94. The van der Waals surface area contributed by atoms with Gasteiger partial charge in [-0.3, -0.25) is 4.79 Å². The van der Waals surface area contributed by atoms with E-state index in [0.29, 0.717) is 33.5 Å². The maximum absolute atomic E-state index is 13.6. The van der Waals surface area contributed by atoms with Crippen molar-refractivity contribution < 1.29 is 22.7 Å². The number of benzene rings is 1. The van der Waals surface area contributed by atoms with Crippen molar-refractivity contribution in [3.63, 3.8) is 0 Å². The number of sulfone groups is 1. The summed E-state index contributed by atoms with van der Waals surface area (Å²) in [6.07, 6.45) is 3.25. The van der Waals surface area contributed by atoms with Crippen molar-refractivity contribution in [1.29, 1.82) is 0 Å². The van der Waals surface area contributed by atoms with Crippen molar-refractivity contribution in [2.75, 3.05) is 0 Å². The van der Waals surface area contributed by atoms with Gasteiger partial charge in [-0.2, -0.15) is 0 Å². The van der Waals surface area contributed by atoms with Gasteiger partial charge in [0.1, 0.15) is 11.3 Å². The Kier molecular flexibility index (Phi) is 5.60. The third-order valence-corrected chi connectivity index (χ3v) is 9.27. The predicted octanol–water partition coefficient (Wildman–Crippen LogP) is 5.09. The van der Waals surface area contributed by atoms with Gasteiger partial charge in [-0.1, -0.05) is 11.6 Å². The number of hydrogen-bond donors (Lipinski definition) is 0. The number of esters is 1. The summed E-state index contributed by atoms with van der Waals surface area (Å²) >= 11 is 6.57. The molecule has 2 heterocycles. The van der Waals surface area contributed by atoms with Gasteiger partial charge in [0.05, 0.1) is 33.1 Å². The topological polar surface area (TPSA) is 91.7 Å². The zero-order valence-electron chi connectivity index (χ0n) is 19.6. The van der Waals surface area contributed by atoms with Crippen LogP contribution in [0, 0.1) is 5.92 Å². The quantitative estimate of drug-likeness (QED) is 0.507. The van der Waals surface area contributed by atoms with E-state index in [4.69, 9.17) is 21.1 Å². The van der Waals surface area contributed by atoms with Crippen LogP contribution in [0.2, 0.25) is 5.02 Å². The summed E-state index contributed by atoms with van der Waals surface area (Å²) in [6, 6.07) is 4.37. The van der Waals surface area contributed by atoms with Gasteiger partial charge in [0.15, 0.2) is 9.84 Å². The molecule has 9 heteroatoms. The number of carbonyl (C=O) groups excluding carboxylic acids is 1. The highest BCUT2D eigenvalue weighted by atomic mass is 35.5. The Labute approximate surface area is 203 Å². The second kappa shape index (κ2) is 8.12. The SMILES string of the molecule is CC(C)OC(=O)c1cc2c(n(C3CC3)c1=O)-c1cc(Cl)c(OC(C)C3CC3)cc1S(=O)(=O)C2C. The molecule has 34 heavy (non-hydrogen) atoms. The van der Waals surface area contributed by atoms with Crippen molar-refractivity contribution in [3.8, 4) is 17.0 Å². The lowest BCUT2D eigenvalue weighted by atomic mass is 9.99. The molecule has 2 unspecified atom stereocenters. The van der Waals surface area contributed by atoms with Crippen molar-refractivity contribution in [2.24, 2.45) is 5.92 Å². The van der Waals surface area contributed by atoms with Crippen molar-refractivity contribution >= 4 is 27.4 Å². The highest BCUT2D eigenvalue weighted by molar-refractivity contribution is 7.92. The summed E-state index contributed by atoms with van der Waals surface area (Å²) < 4.78 is 40.1. The molecule has 2 saturated carbocycles. The van der Waals surface area contributed by atoms with Gasteiger partial charge in [-0.05, 0) is 77.0 Å². The highest BCUT2D eigenvalue weighted by Gasteiger charge is 2.42. The van der Waals surface area contributed by atoms with Crippen LogP contribution in [0.25, 0.3) is 11.3 Å². The predicted molar refractivity (Wildman–Crippen MR) is 128 cm³/mol. The van der Waals surface area contributed by atoms with E-state index in [1.807, 2.05) is 6.92 Å². The van der Waals surface area contributed by atoms with Crippen LogP contribution in [0.5, 0.6) is 5.75 Å². The number of hydrogen-bond acceptors (Lipinski definition) is 6. The number of rotatable bonds is 6. The molecule has 0 amide bonds. The molecule has 2 fully saturated rings. The van der Waals surface area contributed by atoms with Gasteiger partial charge in [0.25, 0.3) is 5.56 Å². The minimum atomic E-state index is -3.82.